The summed E-state index contributed by atoms with van der Waals surface area (Å²) >= 11 is 3.55. The molecule has 0 atom stereocenters. The molecule has 0 spiro atoms. The van der Waals surface area contributed by atoms with Gasteiger partial charge in [0.05, 0.1) is 7.11 Å². The van der Waals surface area contributed by atoms with Crippen LogP contribution in [0.5, 0.6) is 5.75 Å². The highest BCUT2D eigenvalue weighted by atomic mass is 79.9. The Morgan fingerprint density at radius 2 is 1.89 bits per heavy atom. The molecule has 1 N–H and O–H groups in total. The van der Waals surface area contributed by atoms with E-state index in [4.69, 9.17) is 9.84 Å². The third-order valence-corrected chi connectivity index (χ3v) is 3.86. The van der Waals surface area contributed by atoms with Crippen molar-refractivity contribution in [3.63, 3.8) is 0 Å². The monoisotopic (exact) mass is 328 g/mol. The third-order valence-electron chi connectivity index (χ3n) is 3.09. The first-order chi connectivity index (χ1) is 9.13. The van der Waals surface area contributed by atoms with Gasteiger partial charge in [-0.2, -0.15) is 0 Å². The summed E-state index contributed by atoms with van der Waals surface area (Å²) in [7, 11) is 1.68. The van der Waals surface area contributed by atoms with E-state index in [0.717, 1.165) is 48.7 Å². The minimum Gasteiger partial charge on any atom is -0.497 e. The van der Waals surface area contributed by atoms with Crippen molar-refractivity contribution in [3.05, 3.63) is 28.2 Å². The number of hydrogen-bond acceptors (Lipinski definition) is 2. The molecule has 0 radical (unpaired) electrons. The highest BCUT2D eigenvalue weighted by molar-refractivity contribution is 9.10. The average Bonchev–Trinajstić information content (AvgIpc) is 2.39. The van der Waals surface area contributed by atoms with Gasteiger partial charge in [-0.3, -0.25) is 4.79 Å². The van der Waals surface area contributed by atoms with Crippen molar-refractivity contribution in [2.45, 2.75) is 44.9 Å². The molecule has 1 aromatic rings. The second kappa shape index (κ2) is 8.97. The average molecular weight is 329 g/mol. The lowest BCUT2D eigenvalue weighted by Crippen LogP contribution is -1.94. The first kappa shape index (κ1) is 16.0. The lowest BCUT2D eigenvalue weighted by Gasteiger charge is -2.07. The number of aryl methyl sites for hydroxylation is 1. The standard InChI is InChI=1S/C15H21BrO3/c1-19-13-9-10-14(16)12(11-13)7-5-3-2-4-6-8-15(17)18/h9-11H,2-8H2,1H3,(H,17,18). The number of benzene rings is 1. The maximum atomic E-state index is 10.4. The fourth-order valence-corrected chi connectivity index (χ4v) is 2.44. The fraction of sp³-hybridized carbons (Fsp3) is 0.533. The normalized spacial score (nSPS) is 10.4. The van der Waals surface area contributed by atoms with Gasteiger partial charge in [0.15, 0.2) is 0 Å². The Hall–Kier alpha value is -1.03. The number of rotatable bonds is 9. The van der Waals surface area contributed by atoms with Gasteiger partial charge in [-0.05, 0) is 43.0 Å². The summed E-state index contributed by atoms with van der Waals surface area (Å²) in [5.41, 5.74) is 1.27. The number of methoxy groups -OCH3 is 1. The second-order valence-corrected chi connectivity index (χ2v) is 5.47. The number of unbranched alkanes of at least 4 members (excludes halogenated alkanes) is 4. The number of carboxylic acids is 1. The highest BCUT2D eigenvalue weighted by Gasteiger charge is 2.02. The molecular formula is C15H21BrO3. The summed E-state index contributed by atoms with van der Waals surface area (Å²) in [5, 5.41) is 8.53. The van der Waals surface area contributed by atoms with Gasteiger partial charge in [0, 0.05) is 10.9 Å². The molecule has 0 saturated heterocycles. The molecular weight excluding hydrogens is 308 g/mol. The van der Waals surface area contributed by atoms with Crippen LogP contribution in [0.2, 0.25) is 0 Å². The predicted octanol–water partition coefficient (Wildman–Crippen LogP) is 4.43. The Morgan fingerprint density at radius 1 is 1.21 bits per heavy atom. The zero-order valence-corrected chi connectivity index (χ0v) is 12.9. The molecule has 0 aliphatic carbocycles. The first-order valence-corrected chi connectivity index (χ1v) is 7.47. The van der Waals surface area contributed by atoms with Crippen molar-refractivity contribution in [2.24, 2.45) is 0 Å². The summed E-state index contributed by atoms with van der Waals surface area (Å²) in [6, 6.07) is 6.02. The van der Waals surface area contributed by atoms with Crippen LogP contribution in [0.15, 0.2) is 22.7 Å². The Labute approximate surface area is 123 Å². The van der Waals surface area contributed by atoms with Crippen LogP contribution in [0.4, 0.5) is 0 Å². The third kappa shape index (κ3) is 6.62. The number of hydrogen-bond donors (Lipinski definition) is 1. The molecule has 1 aromatic carbocycles. The van der Waals surface area contributed by atoms with Gasteiger partial charge in [0.25, 0.3) is 0 Å². The molecule has 0 aliphatic heterocycles. The number of aliphatic carboxylic acids is 1. The SMILES string of the molecule is COc1ccc(Br)c(CCCCCCCC(=O)O)c1. The predicted molar refractivity (Wildman–Crippen MR) is 79.7 cm³/mol. The molecule has 0 fully saturated rings. The Bertz CT molecular complexity index is 404. The fourth-order valence-electron chi connectivity index (χ4n) is 1.99. The van der Waals surface area contributed by atoms with Crippen LogP contribution in [0, 0.1) is 0 Å². The van der Waals surface area contributed by atoms with E-state index in [2.05, 4.69) is 22.0 Å². The minimum absolute atomic E-state index is 0.293. The smallest absolute Gasteiger partial charge is 0.303 e. The largest absolute Gasteiger partial charge is 0.497 e. The minimum atomic E-state index is -0.694. The number of carboxylic acid groups (broad SMARTS) is 1. The van der Waals surface area contributed by atoms with E-state index in [1.54, 1.807) is 7.11 Å². The molecule has 0 aromatic heterocycles. The summed E-state index contributed by atoms with van der Waals surface area (Å²) in [6.45, 7) is 0. The number of carbonyl (C=O) groups is 1. The number of halogens is 1. The van der Waals surface area contributed by atoms with Crippen molar-refractivity contribution < 1.29 is 14.6 Å². The van der Waals surface area contributed by atoms with E-state index in [-0.39, 0.29) is 0 Å². The van der Waals surface area contributed by atoms with Crippen molar-refractivity contribution in [2.75, 3.05) is 7.11 Å². The van der Waals surface area contributed by atoms with E-state index in [9.17, 15) is 4.79 Å². The Morgan fingerprint density at radius 3 is 2.58 bits per heavy atom. The Kier molecular flexibility index (Phi) is 7.56. The van der Waals surface area contributed by atoms with Gasteiger partial charge in [-0.25, -0.2) is 0 Å². The van der Waals surface area contributed by atoms with Crippen molar-refractivity contribution in [1.29, 1.82) is 0 Å². The molecule has 4 heteroatoms. The van der Waals surface area contributed by atoms with Crippen molar-refractivity contribution >= 4 is 21.9 Å². The van der Waals surface area contributed by atoms with E-state index >= 15 is 0 Å². The van der Waals surface area contributed by atoms with Gasteiger partial charge in [-0.15, -0.1) is 0 Å². The topological polar surface area (TPSA) is 46.5 Å². The quantitative estimate of drug-likeness (QED) is 0.682. The molecule has 19 heavy (non-hydrogen) atoms. The van der Waals surface area contributed by atoms with Crippen LogP contribution in [-0.2, 0) is 11.2 Å². The van der Waals surface area contributed by atoms with Crippen LogP contribution in [-0.4, -0.2) is 18.2 Å². The van der Waals surface area contributed by atoms with E-state index in [1.807, 2.05) is 12.1 Å². The van der Waals surface area contributed by atoms with Crippen LogP contribution in [0.1, 0.15) is 44.1 Å². The van der Waals surface area contributed by atoms with Gasteiger partial charge in [0.1, 0.15) is 5.75 Å². The summed E-state index contributed by atoms with van der Waals surface area (Å²) in [5.74, 6) is 0.194. The van der Waals surface area contributed by atoms with Crippen LogP contribution in [0.25, 0.3) is 0 Å². The lowest BCUT2D eigenvalue weighted by molar-refractivity contribution is -0.137. The zero-order chi connectivity index (χ0) is 14.1. The van der Waals surface area contributed by atoms with Crippen LogP contribution >= 0.6 is 15.9 Å². The summed E-state index contributed by atoms with van der Waals surface area (Å²) in [6.07, 6.45) is 6.49. The molecule has 0 saturated carbocycles. The molecule has 3 nitrogen and oxygen atoms in total. The maximum Gasteiger partial charge on any atom is 0.303 e. The van der Waals surface area contributed by atoms with Crippen molar-refractivity contribution in [1.82, 2.24) is 0 Å². The zero-order valence-electron chi connectivity index (χ0n) is 11.3. The lowest BCUT2D eigenvalue weighted by atomic mass is 10.0. The molecule has 0 amide bonds. The van der Waals surface area contributed by atoms with Crippen LogP contribution < -0.4 is 4.74 Å². The summed E-state index contributed by atoms with van der Waals surface area (Å²) in [4.78, 5) is 10.4. The van der Waals surface area contributed by atoms with E-state index in [0.29, 0.717) is 6.42 Å². The van der Waals surface area contributed by atoms with Gasteiger partial charge in [0.2, 0.25) is 0 Å². The van der Waals surface area contributed by atoms with Crippen molar-refractivity contribution in [3.8, 4) is 5.75 Å². The maximum absolute atomic E-state index is 10.4. The number of ether oxygens (including phenoxy) is 1. The molecule has 0 heterocycles. The molecule has 0 unspecified atom stereocenters. The van der Waals surface area contributed by atoms with Gasteiger partial charge in [-0.1, -0.05) is 35.2 Å². The summed E-state index contributed by atoms with van der Waals surface area (Å²) < 4.78 is 6.34. The van der Waals surface area contributed by atoms with Crippen LogP contribution in [0.3, 0.4) is 0 Å². The second-order valence-electron chi connectivity index (χ2n) is 4.62. The van der Waals surface area contributed by atoms with E-state index < -0.39 is 5.97 Å². The van der Waals surface area contributed by atoms with Gasteiger partial charge >= 0.3 is 5.97 Å². The van der Waals surface area contributed by atoms with E-state index in [1.165, 1.54) is 5.56 Å². The molecule has 106 valence electrons. The highest BCUT2D eigenvalue weighted by Crippen LogP contribution is 2.24. The first-order valence-electron chi connectivity index (χ1n) is 6.67. The molecule has 0 aliphatic rings. The van der Waals surface area contributed by atoms with Gasteiger partial charge < -0.3 is 9.84 Å². The molecule has 1 rings (SSSR count). The molecule has 0 bridgehead atoms. The Balaban J connectivity index is 2.20.